The number of benzene rings is 2. The van der Waals surface area contributed by atoms with Crippen molar-refractivity contribution < 1.29 is 4.79 Å². The van der Waals surface area contributed by atoms with Crippen molar-refractivity contribution in [2.24, 2.45) is 4.99 Å². The summed E-state index contributed by atoms with van der Waals surface area (Å²) < 4.78 is 1.94. The van der Waals surface area contributed by atoms with Gasteiger partial charge in [0.2, 0.25) is 5.96 Å². The number of nitrogens with one attached hydrogen (secondary N) is 2. The average molecular weight is 404 g/mol. The first-order valence-corrected chi connectivity index (χ1v) is 10.2. The van der Waals surface area contributed by atoms with Crippen molar-refractivity contribution in [1.82, 2.24) is 15.1 Å². The number of amides is 1. The quantitative estimate of drug-likeness (QED) is 0.466. The van der Waals surface area contributed by atoms with E-state index in [9.17, 15) is 4.79 Å². The maximum atomic E-state index is 12.7. The number of aryl methyl sites for hydroxylation is 4. The zero-order valence-electron chi connectivity index (χ0n) is 18.1. The second-order valence-electron chi connectivity index (χ2n) is 7.43. The third-order valence-electron chi connectivity index (χ3n) is 4.81. The third kappa shape index (κ3) is 5.56. The van der Waals surface area contributed by atoms with E-state index in [1.807, 2.05) is 55.1 Å². The van der Waals surface area contributed by atoms with Crippen molar-refractivity contribution >= 4 is 17.6 Å². The van der Waals surface area contributed by atoms with Crippen LogP contribution in [0.5, 0.6) is 0 Å². The largest absolute Gasteiger partial charge is 0.326 e. The highest BCUT2D eigenvalue weighted by molar-refractivity contribution is 6.10. The second-order valence-corrected chi connectivity index (χ2v) is 7.43. The van der Waals surface area contributed by atoms with Gasteiger partial charge in [-0.2, -0.15) is 5.10 Å². The first kappa shape index (κ1) is 21.3. The Labute approximate surface area is 178 Å². The number of carbonyl (C=O) groups is 1. The molecule has 0 unspecified atom stereocenters. The van der Waals surface area contributed by atoms with E-state index in [0.717, 1.165) is 35.5 Å². The summed E-state index contributed by atoms with van der Waals surface area (Å²) in [6, 6.07) is 15.3. The third-order valence-corrected chi connectivity index (χ3v) is 4.81. The van der Waals surface area contributed by atoms with E-state index in [4.69, 9.17) is 0 Å². The van der Waals surface area contributed by atoms with Gasteiger partial charge in [0.15, 0.2) is 0 Å². The lowest BCUT2D eigenvalue weighted by molar-refractivity contribution is 0.0977. The van der Waals surface area contributed by atoms with E-state index >= 15 is 0 Å². The molecular weight excluding hydrogens is 374 g/mol. The second kappa shape index (κ2) is 9.87. The number of aliphatic imine (C=N–C) groups is 1. The Hall–Kier alpha value is -3.41. The van der Waals surface area contributed by atoms with Crippen LogP contribution in [0.25, 0.3) is 0 Å². The molecule has 2 N–H and O–H groups in total. The number of hydrogen-bond acceptors (Lipinski definition) is 3. The van der Waals surface area contributed by atoms with Crippen molar-refractivity contribution in [3.63, 3.8) is 0 Å². The molecule has 1 amide bonds. The van der Waals surface area contributed by atoms with Crippen molar-refractivity contribution in [2.75, 3.05) is 5.32 Å². The number of guanidine groups is 1. The fourth-order valence-electron chi connectivity index (χ4n) is 3.18. The van der Waals surface area contributed by atoms with Gasteiger partial charge in [0.25, 0.3) is 5.91 Å². The Bertz CT molecular complexity index is 1040. The minimum Gasteiger partial charge on any atom is -0.326 e. The molecule has 0 saturated carbocycles. The molecule has 3 aromatic rings. The first-order valence-electron chi connectivity index (χ1n) is 10.2. The highest BCUT2D eigenvalue weighted by Gasteiger charge is 2.11. The van der Waals surface area contributed by atoms with Crippen LogP contribution in [-0.2, 0) is 13.1 Å². The van der Waals surface area contributed by atoms with Gasteiger partial charge in [0.1, 0.15) is 0 Å². The minimum absolute atomic E-state index is 0.204. The molecule has 0 radical (unpaired) electrons. The Balaban J connectivity index is 1.84. The Kier molecular flexibility index (Phi) is 7.01. The van der Waals surface area contributed by atoms with E-state index in [1.54, 1.807) is 12.1 Å². The number of aromatic nitrogens is 2. The number of carbonyl (C=O) groups excluding carboxylic acids is 1. The molecule has 2 aromatic carbocycles. The molecule has 0 aliphatic heterocycles. The molecule has 0 spiro atoms. The fraction of sp³-hybridized carbons (Fsp3) is 0.292. The van der Waals surface area contributed by atoms with Gasteiger partial charge in [-0.1, -0.05) is 42.8 Å². The molecule has 1 aromatic heterocycles. The van der Waals surface area contributed by atoms with Gasteiger partial charge in [0.05, 0.1) is 12.2 Å². The van der Waals surface area contributed by atoms with Crippen molar-refractivity contribution in [1.29, 1.82) is 0 Å². The predicted octanol–water partition coefficient (Wildman–Crippen LogP) is 4.62. The van der Waals surface area contributed by atoms with E-state index in [-0.39, 0.29) is 5.91 Å². The molecule has 6 nitrogen and oxygen atoms in total. The topological polar surface area (TPSA) is 71.3 Å². The first-order chi connectivity index (χ1) is 14.5. The van der Waals surface area contributed by atoms with Crippen molar-refractivity contribution in [3.8, 4) is 0 Å². The van der Waals surface area contributed by atoms with Crippen LogP contribution in [0.3, 0.4) is 0 Å². The van der Waals surface area contributed by atoms with Gasteiger partial charge < -0.3 is 5.32 Å². The fourth-order valence-corrected chi connectivity index (χ4v) is 3.18. The molecule has 0 bridgehead atoms. The smallest absolute Gasteiger partial charge is 0.257 e. The van der Waals surface area contributed by atoms with Gasteiger partial charge in [-0.3, -0.25) is 14.8 Å². The average Bonchev–Trinajstić information content (AvgIpc) is 3.08. The van der Waals surface area contributed by atoms with Crippen LogP contribution in [0.4, 0.5) is 5.69 Å². The Morgan fingerprint density at radius 1 is 1.10 bits per heavy atom. The SMILES string of the molecule is CCCn1cc(CN=C(NC(=O)c2ccccc2)Nc2ccc(C)cc2C)c(C)n1. The molecule has 0 aliphatic carbocycles. The highest BCUT2D eigenvalue weighted by Crippen LogP contribution is 2.16. The lowest BCUT2D eigenvalue weighted by atomic mass is 10.1. The van der Waals surface area contributed by atoms with Crippen LogP contribution < -0.4 is 10.6 Å². The van der Waals surface area contributed by atoms with Crippen molar-refractivity contribution in [2.45, 2.75) is 47.2 Å². The Morgan fingerprint density at radius 2 is 1.87 bits per heavy atom. The summed E-state index contributed by atoms with van der Waals surface area (Å²) in [4.78, 5) is 17.4. The molecule has 0 aliphatic rings. The van der Waals surface area contributed by atoms with E-state index < -0.39 is 0 Å². The normalized spacial score (nSPS) is 11.4. The van der Waals surface area contributed by atoms with Gasteiger partial charge in [-0.25, -0.2) is 4.99 Å². The lowest BCUT2D eigenvalue weighted by Crippen LogP contribution is -2.36. The van der Waals surface area contributed by atoms with Crippen LogP contribution in [0.1, 0.15) is 46.1 Å². The number of hydrogen-bond donors (Lipinski definition) is 2. The Morgan fingerprint density at radius 3 is 2.57 bits per heavy atom. The highest BCUT2D eigenvalue weighted by atomic mass is 16.1. The van der Waals surface area contributed by atoms with E-state index in [2.05, 4.69) is 40.6 Å². The zero-order valence-corrected chi connectivity index (χ0v) is 18.1. The molecule has 6 heteroatoms. The predicted molar refractivity (Wildman–Crippen MR) is 122 cm³/mol. The van der Waals surface area contributed by atoms with Crippen LogP contribution in [0.2, 0.25) is 0 Å². The maximum absolute atomic E-state index is 12.7. The van der Waals surface area contributed by atoms with E-state index in [0.29, 0.717) is 18.1 Å². The monoisotopic (exact) mass is 403 g/mol. The van der Waals surface area contributed by atoms with E-state index in [1.165, 1.54) is 5.56 Å². The lowest BCUT2D eigenvalue weighted by Gasteiger charge is -2.14. The molecule has 156 valence electrons. The van der Waals surface area contributed by atoms with Gasteiger partial charge >= 0.3 is 0 Å². The summed E-state index contributed by atoms with van der Waals surface area (Å²) in [5, 5.41) is 10.7. The number of rotatable bonds is 6. The standard InChI is InChI=1S/C24H29N5O/c1-5-13-29-16-21(19(4)28-29)15-25-24(26-22-12-11-17(2)14-18(22)3)27-23(30)20-9-7-6-8-10-20/h6-12,14,16H,5,13,15H2,1-4H3,(H2,25,26,27,30). The van der Waals surface area contributed by atoms with Gasteiger partial charge in [-0.15, -0.1) is 0 Å². The van der Waals surface area contributed by atoms with Crippen LogP contribution in [-0.4, -0.2) is 21.6 Å². The molecule has 1 heterocycles. The summed E-state index contributed by atoms with van der Waals surface area (Å²) in [5.41, 5.74) is 5.75. The summed E-state index contributed by atoms with van der Waals surface area (Å²) in [6.45, 7) is 9.50. The van der Waals surface area contributed by atoms with Crippen molar-refractivity contribution in [3.05, 3.63) is 82.7 Å². The van der Waals surface area contributed by atoms with Crippen LogP contribution in [0.15, 0.2) is 59.7 Å². The molecule has 0 saturated heterocycles. The zero-order chi connectivity index (χ0) is 21.5. The summed E-state index contributed by atoms with van der Waals surface area (Å²) >= 11 is 0. The summed E-state index contributed by atoms with van der Waals surface area (Å²) in [7, 11) is 0. The number of nitrogens with zero attached hydrogens (tertiary/aromatic N) is 3. The molecule has 0 fully saturated rings. The molecular formula is C24H29N5O. The molecule has 0 atom stereocenters. The summed E-state index contributed by atoms with van der Waals surface area (Å²) in [5.74, 6) is 0.212. The van der Waals surface area contributed by atoms with Crippen LogP contribution in [0, 0.1) is 20.8 Å². The number of anilines is 1. The van der Waals surface area contributed by atoms with Crippen LogP contribution >= 0.6 is 0 Å². The minimum atomic E-state index is -0.204. The molecule has 30 heavy (non-hydrogen) atoms. The maximum Gasteiger partial charge on any atom is 0.257 e. The molecule has 3 rings (SSSR count). The van der Waals surface area contributed by atoms with Gasteiger partial charge in [0, 0.05) is 29.6 Å². The van der Waals surface area contributed by atoms with Gasteiger partial charge in [-0.05, 0) is 51.0 Å². The summed E-state index contributed by atoms with van der Waals surface area (Å²) in [6.07, 6.45) is 3.05.